The minimum Gasteiger partial charge on any atom is -0.495 e. The summed E-state index contributed by atoms with van der Waals surface area (Å²) in [7, 11) is 4.80. The molecular formula is C15H19BrO4. The first-order valence-electron chi connectivity index (χ1n) is 6.56. The average molecular weight is 343 g/mol. The molecule has 0 atom stereocenters. The van der Waals surface area contributed by atoms with Gasteiger partial charge in [-0.1, -0.05) is 0 Å². The Morgan fingerprint density at radius 1 is 1.25 bits per heavy atom. The van der Waals surface area contributed by atoms with Crippen LogP contribution in [0.4, 0.5) is 0 Å². The topological polar surface area (TPSA) is 44.8 Å². The van der Waals surface area contributed by atoms with Crippen LogP contribution in [0.2, 0.25) is 0 Å². The molecule has 0 bridgehead atoms. The van der Waals surface area contributed by atoms with Crippen molar-refractivity contribution in [3.05, 3.63) is 22.2 Å². The number of carbonyl (C=O) groups is 1. The van der Waals surface area contributed by atoms with Crippen LogP contribution < -0.4 is 9.47 Å². The van der Waals surface area contributed by atoms with Crippen molar-refractivity contribution in [3.8, 4) is 11.5 Å². The van der Waals surface area contributed by atoms with E-state index in [4.69, 9.17) is 14.2 Å². The fraction of sp³-hybridized carbons (Fsp3) is 0.533. The highest BCUT2D eigenvalue weighted by molar-refractivity contribution is 9.10. The number of rotatable bonds is 6. The van der Waals surface area contributed by atoms with E-state index in [9.17, 15) is 4.79 Å². The van der Waals surface area contributed by atoms with Gasteiger partial charge in [-0.05, 0) is 47.3 Å². The molecule has 0 aliphatic heterocycles. The van der Waals surface area contributed by atoms with Crippen molar-refractivity contribution in [2.45, 2.75) is 31.3 Å². The van der Waals surface area contributed by atoms with Gasteiger partial charge >= 0.3 is 0 Å². The molecule has 5 heteroatoms. The van der Waals surface area contributed by atoms with Crippen LogP contribution in [-0.2, 0) is 4.74 Å². The minimum absolute atomic E-state index is 0.0340. The van der Waals surface area contributed by atoms with E-state index in [1.807, 2.05) is 0 Å². The van der Waals surface area contributed by atoms with E-state index in [0.717, 1.165) is 19.3 Å². The van der Waals surface area contributed by atoms with E-state index in [0.29, 0.717) is 28.0 Å². The number of benzene rings is 1. The zero-order valence-corrected chi connectivity index (χ0v) is 13.6. The van der Waals surface area contributed by atoms with Gasteiger partial charge < -0.3 is 14.2 Å². The smallest absolute Gasteiger partial charge is 0.169 e. The summed E-state index contributed by atoms with van der Waals surface area (Å²) in [5.41, 5.74) is 0.276. The molecule has 4 nitrogen and oxygen atoms in total. The number of carbonyl (C=O) groups excluding carboxylic acids is 1. The van der Waals surface area contributed by atoms with E-state index >= 15 is 0 Å². The standard InChI is InChI=1S/C15H19BrO4/c1-18-12-6-5-10(14(19-2)13(12)16)11(17)9-15(20-3)7-4-8-15/h5-6H,4,7-9H2,1-3H3. The van der Waals surface area contributed by atoms with Crippen molar-refractivity contribution in [2.24, 2.45) is 0 Å². The molecule has 0 amide bonds. The molecule has 0 N–H and O–H groups in total. The van der Waals surface area contributed by atoms with Crippen molar-refractivity contribution in [1.82, 2.24) is 0 Å². The largest absolute Gasteiger partial charge is 0.495 e. The summed E-state index contributed by atoms with van der Waals surface area (Å²) in [6, 6.07) is 3.51. The third-order valence-corrected chi connectivity index (χ3v) is 4.72. The summed E-state index contributed by atoms with van der Waals surface area (Å²) in [6.07, 6.45) is 3.38. The molecule has 1 fully saturated rings. The van der Waals surface area contributed by atoms with Crippen molar-refractivity contribution < 1.29 is 19.0 Å². The number of hydrogen-bond donors (Lipinski definition) is 0. The number of methoxy groups -OCH3 is 3. The number of halogens is 1. The van der Waals surface area contributed by atoms with Crippen molar-refractivity contribution in [3.63, 3.8) is 0 Å². The molecule has 1 aromatic carbocycles. The molecule has 0 unspecified atom stereocenters. The van der Waals surface area contributed by atoms with Crippen molar-refractivity contribution >= 4 is 21.7 Å². The van der Waals surface area contributed by atoms with Gasteiger partial charge in [-0.15, -0.1) is 0 Å². The minimum atomic E-state index is -0.283. The van der Waals surface area contributed by atoms with Gasteiger partial charge in [-0.3, -0.25) is 4.79 Å². The fourth-order valence-corrected chi connectivity index (χ4v) is 3.20. The van der Waals surface area contributed by atoms with E-state index in [1.165, 1.54) is 0 Å². The van der Waals surface area contributed by atoms with Gasteiger partial charge in [0.1, 0.15) is 16.0 Å². The highest BCUT2D eigenvalue weighted by Gasteiger charge is 2.39. The summed E-state index contributed by atoms with van der Waals surface area (Å²) < 4.78 is 16.7. The summed E-state index contributed by atoms with van der Waals surface area (Å²) in [5, 5.41) is 0. The van der Waals surface area contributed by atoms with Crippen LogP contribution in [0.15, 0.2) is 16.6 Å². The Balaban J connectivity index is 2.28. The Hall–Kier alpha value is -1.07. The average Bonchev–Trinajstić information content (AvgIpc) is 2.42. The molecule has 110 valence electrons. The number of Topliss-reactive ketones (excluding diaryl/α,β-unsaturated/α-hetero) is 1. The second-order valence-electron chi connectivity index (χ2n) is 5.00. The number of hydrogen-bond acceptors (Lipinski definition) is 4. The molecule has 1 aromatic rings. The van der Waals surface area contributed by atoms with Gasteiger partial charge in [0.25, 0.3) is 0 Å². The summed E-state index contributed by atoms with van der Waals surface area (Å²) in [4.78, 5) is 12.5. The van der Waals surface area contributed by atoms with E-state index < -0.39 is 0 Å². The second kappa shape index (κ2) is 6.14. The third-order valence-electron chi connectivity index (χ3n) is 3.97. The summed E-state index contributed by atoms with van der Waals surface area (Å²) >= 11 is 3.42. The Morgan fingerprint density at radius 2 is 1.95 bits per heavy atom. The first-order chi connectivity index (χ1) is 9.56. The lowest BCUT2D eigenvalue weighted by molar-refractivity contribution is -0.0705. The van der Waals surface area contributed by atoms with Crippen molar-refractivity contribution in [2.75, 3.05) is 21.3 Å². The Kier molecular flexibility index (Phi) is 4.70. The maximum atomic E-state index is 12.5. The van der Waals surface area contributed by atoms with Gasteiger partial charge in [0, 0.05) is 13.5 Å². The van der Waals surface area contributed by atoms with Gasteiger partial charge in [0.05, 0.1) is 25.4 Å². The second-order valence-corrected chi connectivity index (χ2v) is 5.80. The van der Waals surface area contributed by atoms with Crippen LogP contribution in [0.5, 0.6) is 11.5 Å². The van der Waals surface area contributed by atoms with Crippen LogP contribution in [0.3, 0.4) is 0 Å². The first kappa shape index (κ1) is 15.3. The maximum absolute atomic E-state index is 12.5. The molecule has 0 heterocycles. The van der Waals surface area contributed by atoms with Crippen molar-refractivity contribution in [1.29, 1.82) is 0 Å². The normalized spacial score (nSPS) is 16.4. The lowest BCUT2D eigenvalue weighted by Crippen LogP contribution is -2.41. The van der Waals surface area contributed by atoms with Gasteiger partial charge in [0.2, 0.25) is 0 Å². The molecule has 0 spiro atoms. The Bertz CT molecular complexity index is 503. The van der Waals surface area contributed by atoms with Gasteiger partial charge in [0.15, 0.2) is 5.78 Å². The number of ketones is 1. The monoisotopic (exact) mass is 342 g/mol. The maximum Gasteiger partial charge on any atom is 0.169 e. The Labute approximate surface area is 127 Å². The molecule has 1 aliphatic rings. The SMILES string of the molecule is COc1ccc(C(=O)CC2(OC)CCC2)c(OC)c1Br. The molecule has 2 rings (SSSR count). The first-order valence-corrected chi connectivity index (χ1v) is 7.35. The number of ether oxygens (including phenoxy) is 3. The fourth-order valence-electron chi connectivity index (χ4n) is 2.53. The van der Waals surface area contributed by atoms with Crippen LogP contribution in [0, 0.1) is 0 Å². The van der Waals surface area contributed by atoms with Crippen LogP contribution in [0.1, 0.15) is 36.0 Å². The molecule has 0 radical (unpaired) electrons. The lowest BCUT2D eigenvalue weighted by Gasteiger charge is -2.40. The zero-order chi connectivity index (χ0) is 14.8. The molecular weight excluding hydrogens is 324 g/mol. The molecule has 1 saturated carbocycles. The quantitative estimate of drug-likeness (QED) is 0.741. The molecule has 0 saturated heterocycles. The van der Waals surface area contributed by atoms with E-state index in [-0.39, 0.29) is 11.4 Å². The van der Waals surface area contributed by atoms with E-state index in [1.54, 1.807) is 33.5 Å². The van der Waals surface area contributed by atoms with Gasteiger partial charge in [-0.25, -0.2) is 0 Å². The van der Waals surface area contributed by atoms with E-state index in [2.05, 4.69) is 15.9 Å². The predicted octanol–water partition coefficient (Wildman–Crippen LogP) is 3.61. The molecule has 0 aromatic heterocycles. The summed E-state index contributed by atoms with van der Waals surface area (Å²) in [5.74, 6) is 1.19. The van der Waals surface area contributed by atoms with Crippen LogP contribution in [0.25, 0.3) is 0 Å². The third kappa shape index (κ3) is 2.69. The highest BCUT2D eigenvalue weighted by Crippen LogP contribution is 2.42. The Morgan fingerprint density at radius 3 is 2.40 bits per heavy atom. The summed E-state index contributed by atoms with van der Waals surface area (Å²) in [6.45, 7) is 0. The zero-order valence-electron chi connectivity index (χ0n) is 12.0. The highest BCUT2D eigenvalue weighted by atomic mass is 79.9. The van der Waals surface area contributed by atoms with Crippen LogP contribution in [-0.4, -0.2) is 32.7 Å². The molecule has 1 aliphatic carbocycles. The predicted molar refractivity (Wildman–Crippen MR) is 79.8 cm³/mol. The van der Waals surface area contributed by atoms with Gasteiger partial charge in [-0.2, -0.15) is 0 Å². The molecule has 20 heavy (non-hydrogen) atoms. The lowest BCUT2D eigenvalue weighted by atomic mass is 9.75. The van der Waals surface area contributed by atoms with Crippen LogP contribution >= 0.6 is 15.9 Å².